The van der Waals surface area contributed by atoms with Crippen LogP contribution in [-0.4, -0.2) is 21.0 Å². The van der Waals surface area contributed by atoms with Gasteiger partial charge in [-0.25, -0.2) is 13.1 Å². The van der Waals surface area contributed by atoms with Crippen LogP contribution in [0.15, 0.2) is 15.4 Å². The van der Waals surface area contributed by atoms with E-state index in [4.69, 9.17) is 4.42 Å². The van der Waals surface area contributed by atoms with E-state index in [0.29, 0.717) is 30.7 Å². The Morgan fingerprint density at radius 2 is 2.10 bits per heavy atom. The van der Waals surface area contributed by atoms with Crippen LogP contribution in [0.3, 0.4) is 0 Å². The molecule has 2 fully saturated rings. The summed E-state index contributed by atoms with van der Waals surface area (Å²) in [6.07, 6.45) is 4.59. The summed E-state index contributed by atoms with van der Waals surface area (Å²) in [7, 11) is -3.46. The molecule has 2 aliphatic rings. The molecule has 0 radical (unpaired) electrons. The molecule has 0 aromatic carbocycles. The molecule has 2 N–H and O–H groups in total. The van der Waals surface area contributed by atoms with Gasteiger partial charge in [-0.2, -0.15) is 0 Å². The normalized spacial score (nSPS) is 21.1. The van der Waals surface area contributed by atoms with Crippen molar-refractivity contribution in [3.05, 3.63) is 17.6 Å². The van der Waals surface area contributed by atoms with Crippen LogP contribution in [0.25, 0.3) is 0 Å². The summed E-state index contributed by atoms with van der Waals surface area (Å²) in [5.74, 6) is 1.15. The maximum absolute atomic E-state index is 12.3. The molecule has 1 heterocycles. The van der Waals surface area contributed by atoms with Crippen molar-refractivity contribution in [2.24, 2.45) is 5.41 Å². The van der Waals surface area contributed by atoms with Gasteiger partial charge in [-0.1, -0.05) is 6.92 Å². The lowest BCUT2D eigenvalue weighted by atomic mass is 10.2. The number of hydrogen-bond donors (Lipinski definition) is 2. The molecule has 6 heteroatoms. The Morgan fingerprint density at radius 3 is 2.70 bits per heavy atom. The number of nitrogens with one attached hydrogen (secondary N) is 2. The molecule has 0 spiro atoms. The van der Waals surface area contributed by atoms with Crippen LogP contribution in [-0.2, 0) is 16.6 Å². The lowest BCUT2D eigenvalue weighted by Gasteiger charge is -2.09. The predicted octanol–water partition coefficient (Wildman–Crippen LogP) is 1.92. The van der Waals surface area contributed by atoms with Crippen molar-refractivity contribution in [2.75, 3.05) is 6.54 Å². The van der Waals surface area contributed by atoms with Crippen LogP contribution in [0.4, 0.5) is 0 Å². The smallest absolute Gasteiger partial charge is 0.244 e. The Balaban J connectivity index is 1.67. The van der Waals surface area contributed by atoms with Gasteiger partial charge in [0.25, 0.3) is 0 Å². The number of rotatable bonds is 7. The summed E-state index contributed by atoms with van der Waals surface area (Å²) >= 11 is 0. The largest absolute Gasteiger partial charge is 0.464 e. The van der Waals surface area contributed by atoms with Crippen molar-refractivity contribution in [2.45, 2.75) is 57.0 Å². The SMILES string of the molecule is Cc1oc(CNC2CC2)cc1S(=O)(=O)NCC1(C)CC1. The maximum Gasteiger partial charge on any atom is 0.244 e. The fourth-order valence-corrected chi connectivity index (χ4v) is 3.55. The Hall–Kier alpha value is -0.850. The quantitative estimate of drug-likeness (QED) is 0.807. The van der Waals surface area contributed by atoms with Crippen molar-refractivity contribution in [1.29, 1.82) is 0 Å². The molecule has 0 atom stereocenters. The van der Waals surface area contributed by atoms with E-state index in [2.05, 4.69) is 17.0 Å². The molecule has 112 valence electrons. The van der Waals surface area contributed by atoms with Gasteiger partial charge in [0, 0.05) is 18.7 Å². The van der Waals surface area contributed by atoms with E-state index in [9.17, 15) is 8.42 Å². The third-order valence-corrected chi connectivity index (χ3v) is 5.66. The molecule has 20 heavy (non-hydrogen) atoms. The lowest BCUT2D eigenvalue weighted by molar-refractivity contribution is 0.455. The van der Waals surface area contributed by atoms with Crippen LogP contribution >= 0.6 is 0 Å². The molecular weight excluding hydrogens is 276 g/mol. The molecular formula is C14H22N2O3S. The Bertz CT molecular complexity index is 598. The first-order valence-electron chi connectivity index (χ1n) is 7.20. The first-order chi connectivity index (χ1) is 9.38. The summed E-state index contributed by atoms with van der Waals surface area (Å²) in [6, 6.07) is 2.22. The molecule has 0 bridgehead atoms. The lowest BCUT2D eigenvalue weighted by Crippen LogP contribution is -2.29. The highest BCUT2D eigenvalue weighted by atomic mass is 32.2. The zero-order valence-corrected chi connectivity index (χ0v) is 12.8. The third-order valence-electron chi connectivity index (χ3n) is 4.15. The van der Waals surface area contributed by atoms with E-state index >= 15 is 0 Å². The van der Waals surface area contributed by atoms with Crippen molar-refractivity contribution in [3.8, 4) is 0 Å². The average Bonchev–Trinajstić information content (AvgIpc) is 3.29. The fraction of sp³-hybridized carbons (Fsp3) is 0.714. The topological polar surface area (TPSA) is 71.3 Å². The standard InChI is InChI=1S/C14H22N2O3S/c1-10-13(7-12(19-10)8-15-11-3-4-11)20(17,18)16-9-14(2)5-6-14/h7,11,15-16H,3-6,8-9H2,1-2H3. The highest BCUT2D eigenvalue weighted by molar-refractivity contribution is 7.89. The minimum Gasteiger partial charge on any atom is -0.464 e. The Morgan fingerprint density at radius 1 is 1.40 bits per heavy atom. The van der Waals surface area contributed by atoms with Gasteiger partial charge < -0.3 is 9.73 Å². The van der Waals surface area contributed by atoms with Crippen molar-refractivity contribution in [3.63, 3.8) is 0 Å². The average molecular weight is 298 g/mol. The Kier molecular flexibility index (Phi) is 3.43. The molecule has 2 aliphatic carbocycles. The molecule has 3 rings (SSSR count). The minimum atomic E-state index is -3.46. The second-order valence-electron chi connectivity index (χ2n) is 6.42. The second-order valence-corrected chi connectivity index (χ2v) is 8.16. The van der Waals surface area contributed by atoms with Crippen LogP contribution in [0.2, 0.25) is 0 Å². The van der Waals surface area contributed by atoms with E-state index in [-0.39, 0.29) is 10.3 Å². The highest BCUT2D eigenvalue weighted by Gasteiger charge is 2.38. The van der Waals surface area contributed by atoms with Crippen LogP contribution in [0.5, 0.6) is 0 Å². The number of sulfonamides is 1. The van der Waals surface area contributed by atoms with Gasteiger partial charge in [0.05, 0.1) is 6.54 Å². The summed E-state index contributed by atoms with van der Waals surface area (Å²) in [6.45, 7) is 4.91. The van der Waals surface area contributed by atoms with Crippen molar-refractivity contribution in [1.82, 2.24) is 10.0 Å². The van der Waals surface area contributed by atoms with Crippen molar-refractivity contribution >= 4 is 10.0 Å². The van der Waals surface area contributed by atoms with E-state index < -0.39 is 10.0 Å². The maximum atomic E-state index is 12.3. The molecule has 0 amide bonds. The van der Waals surface area contributed by atoms with E-state index in [1.165, 1.54) is 12.8 Å². The summed E-state index contributed by atoms with van der Waals surface area (Å²) < 4.78 is 32.8. The van der Waals surface area contributed by atoms with Gasteiger partial charge in [0.15, 0.2) is 0 Å². The first kappa shape index (κ1) is 14.1. The summed E-state index contributed by atoms with van der Waals surface area (Å²) in [4.78, 5) is 0.273. The molecule has 5 nitrogen and oxygen atoms in total. The molecule has 2 saturated carbocycles. The molecule has 1 aromatic rings. The number of furan rings is 1. The van der Waals surface area contributed by atoms with Gasteiger partial charge in [-0.3, -0.25) is 0 Å². The van der Waals surface area contributed by atoms with Gasteiger partial charge in [0.2, 0.25) is 10.0 Å². The highest BCUT2D eigenvalue weighted by Crippen LogP contribution is 2.44. The van der Waals surface area contributed by atoms with Gasteiger partial charge in [-0.15, -0.1) is 0 Å². The molecule has 0 saturated heterocycles. The first-order valence-corrected chi connectivity index (χ1v) is 8.69. The van der Waals surface area contributed by atoms with Gasteiger partial charge >= 0.3 is 0 Å². The molecule has 0 aliphatic heterocycles. The van der Waals surface area contributed by atoms with Crippen molar-refractivity contribution < 1.29 is 12.8 Å². The van der Waals surface area contributed by atoms with Crippen LogP contribution in [0.1, 0.15) is 44.1 Å². The summed E-state index contributed by atoms with van der Waals surface area (Å²) in [5.41, 5.74) is 0.154. The zero-order chi connectivity index (χ0) is 14.4. The number of hydrogen-bond acceptors (Lipinski definition) is 4. The summed E-state index contributed by atoms with van der Waals surface area (Å²) in [5, 5.41) is 3.32. The molecule has 1 aromatic heterocycles. The van der Waals surface area contributed by atoms with Gasteiger partial charge in [0.1, 0.15) is 16.4 Å². The predicted molar refractivity (Wildman–Crippen MR) is 75.8 cm³/mol. The Labute approximate surface area is 120 Å². The number of aryl methyl sites for hydroxylation is 1. The van der Waals surface area contributed by atoms with Gasteiger partial charge in [-0.05, 0) is 38.0 Å². The fourth-order valence-electron chi connectivity index (χ4n) is 2.15. The van der Waals surface area contributed by atoms with Crippen LogP contribution in [0, 0.1) is 12.3 Å². The van der Waals surface area contributed by atoms with E-state index in [0.717, 1.165) is 12.8 Å². The monoisotopic (exact) mass is 298 g/mol. The third kappa shape index (κ3) is 3.24. The minimum absolute atomic E-state index is 0.154. The van der Waals surface area contributed by atoms with Crippen LogP contribution < -0.4 is 10.0 Å². The molecule has 0 unspecified atom stereocenters. The van der Waals surface area contributed by atoms with E-state index in [1.807, 2.05) is 0 Å². The zero-order valence-electron chi connectivity index (χ0n) is 12.0. The van der Waals surface area contributed by atoms with E-state index in [1.54, 1.807) is 13.0 Å². The second kappa shape index (κ2) is 4.86.